The normalized spacial score (nSPS) is 14.6. The van der Waals surface area contributed by atoms with Gasteiger partial charge < -0.3 is 10.1 Å². The van der Waals surface area contributed by atoms with Gasteiger partial charge in [-0.05, 0) is 39.7 Å². The van der Waals surface area contributed by atoms with E-state index < -0.39 is 0 Å². The Hall–Kier alpha value is -1.16. The second kappa shape index (κ2) is 8.20. The Morgan fingerprint density at radius 2 is 1.85 bits per heavy atom. The number of hydrogen-bond acceptors (Lipinski definition) is 4. The van der Waals surface area contributed by atoms with E-state index >= 15 is 0 Å². The minimum atomic E-state index is 0.118. The Kier molecular flexibility index (Phi) is 6.93. The Bertz CT molecular complexity index is 393. The zero-order chi connectivity index (χ0) is 15.1. The predicted octanol–water partition coefficient (Wildman–Crippen LogP) is 3.39. The standard InChI is InChI=1S/C16H29N3O/c1-7-8-18-13(6)16(11(2)3)14-9-17-10-15(19-14)20-12(4)5/h9-13,16,18H,7-8H2,1-6H3. The zero-order valence-electron chi connectivity index (χ0n) is 13.7. The molecule has 0 fully saturated rings. The lowest BCUT2D eigenvalue weighted by Gasteiger charge is -2.28. The quantitative estimate of drug-likeness (QED) is 0.792. The molecule has 2 atom stereocenters. The van der Waals surface area contributed by atoms with Crippen molar-refractivity contribution < 1.29 is 4.74 Å². The summed E-state index contributed by atoms with van der Waals surface area (Å²) in [7, 11) is 0. The fourth-order valence-electron chi connectivity index (χ4n) is 2.50. The van der Waals surface area contributed by atoms with Crippen LogP contribution in [0.1, 0.15) is 59.6 Å². The topological polar surface area (TPSA) is 47.0 Å². The number of nitrogens with one attached hydrogen (secondary N) is 1. The maximum absolute atomic E-state index is 5.65. The van der Waals surface area contributed by atoms with E-state index in [1.54, 1.807) is 6.20 Å². The van der Waals surface area contributed by atoms with E-state index in [2.05, 4.69) is 43.0 Å². The highest BCUT2D eigenvalue weighted by Crippen LogP contribution is 2.27. The van der Waals surface area contributed by atoms with Gasteiger partial charge in [-0.1, -0.05) is 20.8 Å². The summed E-state index contributed by atoms with van der Waals surface area (Å²) in [5, 5.41) is 3.56. The Morgan fingerprint density at radius 3 is 2.40 bits per heavy atom. The Balaban J connectivity index is 2.91. The molecule has 0 saturated carbocycles. The van der Waals surface area contributed by atoms with Crippen molar-refractivity contribution in [3.05, 3.63) is 18.1 Å². The molecule has 0 radical (unpaired) electrons. The molecule has 0 amide bonds. The molecule has 4 nitrogen and oxygen atoms in total. The van der Waals surface area contributed by atoms with E-state index in [1.165, 1.54) is 0 Å². The minimum absolute atomic E-state index is 0.118. The van der Waals surface area contributed by atoms with Crippen molar-refractivity contribution in [2.75, 3.05) is 6.54 Å². The van der Waals surface area contributed by atoms with Crippen molar-refractivity contribution in [3.8, 4) is 5.88 Å². The summed E-state index contributed by atoms with van der Waals surface area (Å²) >= 11 is 0. The van der Waals surface area contributed by atoms with Crippen LogP contribution >= 0.6 is 0 Å². The molecular formula is C16H29N3O. The summed E-state index contributed by atoms with van der Waals surface area (Å²) in [6, 6.07) is 0.374. The highest BCUT2D eigenvalue weighted by Gasteiger charge is 2.24. The molecule has 20 heavy (non-hydrogen) atoms. The van der Waals surface area contributed by atoms with Gasteiger partial charge in [0.25, 0.3) is 0 Å². The molecule has 0 aliphatic rings. The third-order valence-electron chi connectivity index (χ3n) is 3.30. The third-order valence-corrected chi connectivity index (χ3v) is 3.30. The second-order valence-corrected chi connectivity index (χ2v) is 5.96. The van der Waals surface area contributed by atoms with Crippen LogP contribution in [-0.2, 0) is 0 Å². The number of rotatable bonds is 8. The number of ether oxygens (including phenoxy) is 1. The molecule has 1 rings (SSSR count). The first-order valence-electron chi connectivity index (χ1n) is 7.67. The summed E-state index contributed by atoms with van der Waals surface area (Å²) in [6.45, 7) is 13.9. The van der Waals surface area contributed by atoms with Crippen LogP contribution < -0.4 is 10.1 Å². The van der Waals surface area contributed by atoms with Crippen LogP contribution in [0.5, 0.6) is 5.88 Å². The summed E-state index contributed by atoms with van der Waals surface area (Å²) in [4.78, 5) is 8.93. The van der Waals surface area contributed by atoms with Crippen molar-refractivity contribution in [3.63, 3.8) is 0 Å². The largest absolute Gasteiger partial charge is 0.474 e. The summed E-state index contributed by atoms with van der Waals surface area (Å²) in [6.07, 6.45) is 4.80. The van der Waals surface area contributed by atoms with E-state index in [1.807, 2.05) is 20.0 Å². The molecule has 114 valence electrons. The second-order valence-electron chi connectivity index (χ2n) is 5.96. The fraction of sp³-hybridized carbons (Fsp3) is 0.750. The molecule has 0 saturated heterocycles. The smallest absolute Gasteiger partial charge is 0.232 e. The molecule has 0 aliphatic carbocycles. The van der Waals surface area contributed by atoms with Gasteiger partial charge in [-0.25, -0.2) is 4.98 Å². The van der Waals surface area contributed by atoms with Crippen molar-refractivity contribution >= 4 is 0 Å². The van der Waals surface area contributed by atoms with Gasteiger partial charge >= 0.3 is 0 Å². The molecular weight excluding hydrogens is 250 g/mol. The van der Waals surface area contributed by atoms with E-state index in [0.29, 0.717) is 23.8 Å². The lowest BCUT2D eigenvalue weighted by atomic mass is 9.86. The lowest BCUT2D eigenvalue weighted by Crippen LogP contribution is -2.35. The molecule has 1 aromatic heterocycles. The van der Waals surface area contributed by atoms with Gasteiger partial charge in [0.2, 0.25) is 5.88 Å². The number of aromatic nitrogens is 2. The van der Waals surface area contributed by atoms with E-state index in [0.717, 1.165) is 18.7 Å². The van der Waals surface area contributed by atoms with Crippen molar-refractivity contribution in [2.24, 2.45) is 5.92 Å². The van der Waals surface area contributed by atoms with Crippen molar-refractivity contribution in [1.29, 1.82) is 0 Å². The van der Waals surface area contributed by atoms with E-state index in [9.17, 15) is 0 Å². The summed E-state index contributed by atoms with van der Waals surface area (Å²) in [5.74, 6) is 1.45. The minimum Gasteiger partial charge on any atom is -0.474 e. The maximum atomic E-state index is 5.65. The van der Waals surface area contributed by atoms with Crippen LogP contribution in [0.4, 0.5) is 0 Å². The lowest BCUT2D eigenvalue weighted by molar-refractivity contribution is 0.229. The molecule has 4 heteroatoms. The highest BCUT2D eigenvalue weighted by atomic mass is 16.5. The molecule has 0 aromatic carbocycles. The molecule has 1 N–H and O–H groups in total. The average Bonchev–Trinajstić information content (AvgIpc) is 2.35. The zero-order valence-corrected chi connectivity index (χ0v) is 13.7. The Morgan fingerprint density at radius 1 is 1.15 bits per heavy atom. The maximum Gasteiger partial charge on any atom is 0.232 e. The first kappa shape index (κ1) is 16.9. The van der Waals surface area contributed by atoms with Gasteiger partial charge in [-0.15, -0.1) is 0 Å². The van der Waals surface area contributed by atoms with Gasteiger partial charge in [-0.3, -0.25) is 4.98 Å². The first-order chi connectivity index (χ1) is 9.45. The molecule has 1 heterocycles. The van der Waals surface area contributed by atoms with Crippen LogP contribution in [0.3, 0.4) is 0 Å². The van der Waals surface area contributed by atoms with Crippen LogP contribution in [-0.4, -0.2) is 28.7 Å². The van der Waals surface area contributed by atoms with Crippen molar-refractivity contribution in [1.82, 2.24) is 15.3 Å². The third kappa shape index (κ3) is 5.08. The predicted molar refractivity (Wildman–Crippen MR) is 83.1 cm³/mol. The van der Waals surface area contributed by atoms with Crippen LogP contribution in [0.15, 0.2) is 12.4 Å². The van der Waals surface area contributed by atoms with E-state index in [4.69, 9.17) is 4.74 Å². The molecule has 0 aliphatic heterocycles. The Labute approximate surface area is 123 Å². The van der Waals surface area contributed by atoms with E-state index in [-0.39, 0.29) is 6.10 Å². The average molecular weight is 279 g/mol. The van der Waals surface area contributed by atoms with Gasteiger partial charge in [0.05, 0.1) is 18.0 Å². The molecule has 1 aromatic rings. The molecule has 2 unspecified atom stereocenters. The SMILES string of the molecule is CCCNC(C)C(c1cncc(OC(C)C)n1)C(C)C. The summed E-state index contributed by atoms with van der Waals surface area (Å²) in [5.41, 5.74) is 1.01. The van der Waals surface area contributed by atoms with Gasteiger partial charge in [0, 0.05) is 18.2 Å². The van der Waals surface area contributed by atoms with Crippen LogP contribution in [0, 0.1) is 5.92 Å². The van der Waals surface area contributed by atoms with Crippen molar-refractivity contribution in [2.45, 2.75) is 66.0 Å². The monoisotopic (exact) mass is 279 g/mol. The van der Waals surface area contributed by atoms with Gasteiger partial charge in [0.1, 0.15) is 0 Å². The number of hydrogen-bond donors (Lipinski definition) is 1. The van der Waals surface area contributed by atoms with Gasteiger partial charge in [-0.2, -0.15) is 0 Å². The first-order valence-corrected chi connectivity index (χ1v) is 7.67. The van der Waals surface area contributed by atoms with Crippen LogP contribution in [0.25, 0.3) is 0 Å². The highest BCUT2D eigenvalue weighted by molar-refractivity contribution is 5.15. The number of nitrogens with zero attached hydrogens (tertiary/aromatic N) is 2. The van der Waals surface area contributed by atoms with Gasteiger partial charge in [0.15, 0.2) is 0 Å². The fourth-order valence-corrected chi connectivity index (χ4v) is 2.50. The summed E-state index contributed by atoms with van der Waals surface area (Å²) < 4.78 is 5.65. The van der Waals surface area contributed by atoms with Crippen LogP contribution in [0.2, 0.25) is 0 Å². The molecule has 0 bridgehead atoms. The molecule has 0 spiro atoms.